The van der Waals surface area contributed by atoms with Gasteiger partial charge in [-0.1, -0.05) is 0 Å². The van der Waals surface area contributed by atoms with Gasteiger partial charge < -0.3 is 0 Å². The lowest BCUT2D eigenvalue weighted by Crippen LogP contribution is -2.10. The van der Waals surface area contributed by atoms with E-state index in [9.17, 15) is 18.5 Å². The van der Waals surface area contributed by atoms with E-state index in [0.29, 0.717) is 4.70 Å². The maximum Gasteiger partial charge on any atom is 0.314 e. The SMILES string of the molecule is O=[N+]([O-])c1c(S(=O)(=O)CCCl)ccc2scnc12. The van der Waals surface area contributed by atoms with Gasteiger partial charge in [0.2, 0.25) is 0 Å². The van der Waals surface area contributed by atoms with E-state index in [-0.39, 0.29) is 22.0 Å². The van der Waals surface area contributed by atoms with E-state index in [1.54, 1.807) is 0 Å². The van der Waals surface area contributed by atoms with Gasteiger partial charge in [0.25, 0.3) is 0 Å². The molecule has 1 heterocycles. The molecular formula is C9H7ClN2O4S2. The lowest BCUT2D eigenvalue weighted by atomic mass is 10.3. The van der Waals surface area contributed by atoms with Crippen LogP contribution in [-0.2, 0) is 9.84 Å². The molecule has 18 heavy (non-hydrogen) atoms. The molecule has 0 atom stereocenters. The van der Waals surface area contributed by atoms with Gasteiger partial charge >= 0.3 is 5.69 Å². The van der Waals surface area contributed by atoms with E-state index in [2.05, 4.69) is 4.98 Å². The van der Waals surface area contributed by atoms with Crippen LogP contribution in [0.25, 0.3) is 10.2 Å². The molecule has 0 unspecified atom stereocenters. The monoisotopic (exact) mass is 306 g/mol. The lowest BCUT2D eigenvalue weighted by molar-refractivity contribution is -0.386. The summed E-state index contributed by atoms with van der Waals surface area (Å²) < 4.78 is 24.4. The summed E-state index contributed by atoms with van der Waals surface area (Å²) in [5, 5.41) is 11.1. The number of fused-ring (bicyclic) bond motifs is 1. The van der Waals surface area contributed by atoms with Crippen molar-refractivity contribution in [1.29, 1.82) is 0 Å². The Morgan fingerprint density at radius 1 is 1.44 bits per heavy atom. The molecule has 1 aromatic carbocycles. The maximum atomic E-state index is 11.9. The third-order valence-corrected chi connectivity index (χ3v) is 5.25. The molecule has 6 nitrogen and oxygen atoms in total. The summed E-state index contributed by atoms with van der Waals surface area (Å²) >= 11 is 6.62. The highest BCUT2D eigenvalue weighted by Crippen LogP contribution is 2.34. The quantitative estimate of drug-likeness (QED) is 0.491. The number of nitro benzene ring substituents is 1. The Labute approximate surface area is 111 Å². The number of halogens is 1. The number of nitro groups is 1. The van der Waals surface area contributed by atoms with Crippen LogP contribution in [0.5, 0.6) is 0 Å². The fraction of sp³-hybridized carbons (Fsp3) is 0.222. The minimum atomic E-state index is -3.76. The van der Waals surface area contributed by atoms with Gasteiger partial charge in [-0.25, -0.2) is 13.4 Å². The molecule has 0 aliphatic carbocycles. The van der Waals surface area contributed by atoms with Crippen LogP contribution in [0.4, 0.5) is 5.69 Å². The molecule has 0 aliphatic heterocycles. The second kappa shape index (κ2) is 4.79. The first kappa shape index (κ1) is 13.2. The molecule has 0 saturated carbocycles. The Bertz CT molecular complexity index is 710. The topological polar surface area (TPSA) is 90.2 Å². The second-order valence-corrected chi connectivity index (χ2v) is 6.72. The van der Waals surface area contributed by atoms with Crippen LogP contribution in [-0.4, -0.2) is 30.0 Å². The fourth-order valence-electron chi connectivity index (χ4n) is 1.54. The van der Waals surface area contributed by atoms with Crippen molar-refractivity contribution in [3.63, 3.8) is 0 Å². The first-order valence-corrected chi connectivity index (χ1v) is 7.83. The third kappa shape index (κ3) is 2.18. The van der Waals surface area contributed by atoms with E-state index >= 15 is 0 Å². The van der Waals surface area contributed by atoms with Crippen LogP contribution in [0.3, 0.4) is 0 Å². The van der Waals surface area contributed by atoms with Crippen molar-refractivity contribution in [2.45, 2.75) is 4.90 Å². The van der Waals surface area contributed by atoms with Gasteiger partial charge in [-0.2, -0.15) is 0 Å². The minimum absolute atomic E-state index is 0.0978. The minimum Gasteiger partial charge on any atom is -0.258 e. The zero-order valence-corrected chi connectivity index (χ0v) is 11.3. The highest BCUT2D eigenvalue weighted by Gasteiger charge is 2.29. The molecule has 2 aromatic rings. The van der Waals surface area contributed by atoms with Gasteiger partial charge in [-0.15, -0.1) is 22.9 Å². The smallest absolute Gasteiger partial charge is 0.258 e. The number of aromatic nitrogens is 1. The second-order valence-electron chi connectivity index (χ2n) is 3.38. The van der Waals surface area contributed by atoms with Crippen molar-refractivity contribution >= 4 is 48.7 Å². The zero-order chi connectivity index (χ0) is 13.3. The van der Waals surface area contributed by atoms with Crippen molar-refractivity contribution in [1.82, 2.24) is 4.98 Å². The molecule has 0 spiro atoms. The highest BCUT2D eigenvalue weighted by atomic mass is 35.5. The number of alkyl halides is 1. The molecule has 2 rings (SSSR count). The summed E-state index contributed by atoms with van der Waals surface area (Å²) in [6.45, 7) is 0. The number of hydrogen-bond acceptors (Lipinski definition) is 6. The molecule has 96 valence electrons. The first-order valence-electron chi connectivity index (χ1n) is 4.76. The molecule has 0 bridgehead atoms. The van der Waals surface area contributed by atoms with Gasteiger partial charge in [0.15, 0.2) is 15.4 Å². The Kier molecular flexibility index (Phi) is 3.51. The first-order chi connectivity index (χ1) is 8.47. The molecular weight excluding hydrogens is 300 g/mol. The number of hydrogen-bond donors (Lipinski definition) is 0. The average Bonchev–Trinajstić information content (AvgIpc) is 2.74. The van der Waals surface area contributed by atoms with Crippen LogP contribution >= 0.6 is 22.9 Å². The Morgan fingerprint density at radius 2 is 2.17 bits per heavy atom. The number of benzene rings is 1. The predicted molar refractivity (Wildman–Crippen MR) is 69.0 cm³/mol. The van der Waals surface area contributed by atoms with E-state index in [4.69, 9.17) is 11.6 Å². The molecule has 9 heteroatoms. The van der Waals surface area contributed by atoms with Crippen LogP contribution in [0, 0.1) is 10.1 Å². The number of nitrogens with zero attached hydrogens (tertiary/aromatic N) is 2. The van der Waals surface area contributed by atoms with Gasteiger partial charge in [0, 0.05) is 5.88 Å². The van der Waals surface area contributed by atoms with Crippen molar-refractivity contribution < 1.29 is 13.3 Å². The van der Waals surface area contributed by atoms with E-state index < -0.39 is 20.4 Å². The fourth-order valence-corrected chi connectivity index (χ4v) is 3.99. The van der Waals surface area contributed by atoms with Gasteiger partial charge in [-0.05, 0) is 12.1 Å². The number of rotatable bonds is 4. The standard InChI is InChI=1S/C9H7ClN2O4S2/c10-3-4-18(15,16)7-2-1-6-8(11-5-17-6)9(7)12(13)14/h1-2,5H,3-4H2. The Hall–Kier alpha value is -1.25. The molecule has 0 amide bonds. The molecule has 1 aromatic heterocycles. The summed E-state index contributed by atoms with van der Waals surface area (Å²) in [5.74, 6) is -0.459. The van der Waals surface area contributed by atoms with E-state index in [0.717, 1.165) is 0 Å². The molecule has 0 saturated heterocycles. The molecule has 0 fully saturated rings. The van der Waals surface area contributed by atoms with Crippen molar-refractivity contribution in [3.05, 3.63) is 27.8 Å². The van der Waals surface area contributed by atoms with Gasteiger partial charge in [0.05, 0.1) is 20.9 Å². The summed E-state index contributed by atoms with van der Waals surface area (Å²) in [4.78, 5) is 13.9. The third-order valence-electron chi connectivity index (χ3n) is 2.30. The average molecular weight is 307 g/mol. The molecule has 0 aliphatic rings. The normalized spacial score (nSPS) is 11.8. The lowest BCUT2D eigenvalue weighted by Gasteiger charge is -2.03. The van der Waals surface area contributed by atoms with Gasteiger partial charge in [0.1, 0.15) is 4.90 Å². The Morgan fingerprint density at radius 3 is 2.78 bits per heavy atom. The zero-order valence-electron chi connectivity index (χ0n) is 8.87. The summed E-state index contributed by atoms with van der Waals surface area (Å²) in [6.07, 6.45) is 0. The van der Waals surface area contributed by atoms with Crippen LogP contribution in [0.1, 0.15) is 0 Å². The van der Waals surface area contributed by atoms with E-state index in [1.165, 1.54) is 29.0 Å². The summed E-state index contributed by atoms with van der Waals surface area (Å²) in [6, 6.07) is 2.75. The van der Waals surface area contributed by atoms with Crippen LogP contribution in [0.15, 0.2) is 22.5 Å². The van der Waals surface area contributed by atoms with Gasteiger partial charge in [-0.3, -0.25) is 10.1 Å². The summed E-state index contributed by atoms with van der Waals surface area (Å²) in [7, 11) is -3.76. The van der Waals surface area contributed by atoms with Crippen LogP contribution in [0.2, 0.25) is 0 Å². The summed E-state index contributed by atoms with van der Waals surface area (Å²) in [5.41, 5.74) is 1.06. The van der Waals surface area contributed by atoms with E-state index in [1.807, 2.05) is 0 Å². The van der Waals surface area contributed by atoms with Crippen molar-refractivity contribution in [2.75, 3.05) is 11.6 Å². The highest BCUT2D eigenvalue weighted by molar-refractivity contribution is 7.91. The number of sulfone groups is 1. The largest absolute Gasteiger partial charge is 0.314 e. The maximum absolute atomic E-state index is 11.9. The van der Waals surface area contributed by atoms with Crippen molar-refractivity contribution in [3.8, 4) is 0 Å². The predicted octanol–water partition coefficient (Wildman–Crippen LogP) is 2.22. The number of thiazole rings is 1. The molecule has 0 radical (unpaired) electrons. The molecule has 0 N–H and O–H groups in total. The Balaban J connectivity index is 2.79. The van der Waals surface area contributed by atoms with Crippen LogP contribution < -0.4 is 0 Å². The van der Waals surface area contributed by atoms with Crippen molar-refractivity contribution in [2.24, 2.45) is 0 Å².